The van der Waals surface area contributed by atoms with Crippen molar-refractivity contribution in [3.8, 4) is 17.0 Å². The van der Waals surface area contributed by atoms with Crippen molar-refractivity contribution in [3.05, 3.63) is 34.7 Å². The third-order valence-electron chi connectivity index (χ3n) is 2.29. The number of ether oxygens (including phenoxy) is 1. The van der Waals surface area contributed by atoms with E-state index < -0.39 is 0 Å². The van der Waals surface area contributed by atoms with Gasteiger partial charge in [0.15, 0.2) is 4.77 Å². The van der Waals surface area contributed by atoms with E-state index in [2.05, 4.69) is 9.97 Å². The van der Waals surface area contributed by atoms with Crippen LogP contribution in [0.15, 0.2) is 24.3 Å². The van der Waals surface area contributed by atoms with Crippen molar-refractivity contribution in [2.24, 2.45) is 0 Å². The van der Waals surface area contributed by atoms with E-state index in [4.69, 9.17) is 17.0 Å². The normalized spacial score (nSPS) is 10.3. The maximum atomic E-state index is 5.30. The molecule has 0 aliphatic carbocycles. The summed E-state index contributed by atoms with van der Waals surface area (Å²) in [4.78, 5) is 6.18. The lowest BCUT2D eigenvalue weighted by Crippen LogP contribution is -1.88. The van der Waals surface area contributed by atoms with Crippen LogP contribution in [0.25, 0.3) is 11.3 Å². The van der Waals surface area contributed by atoms with Crippen molar-refractivity contribution < 1.29 is 4.74 Å². The molecule has 0 amide bonds. The number of hydrogen-bond donors (Lipinski definition) is 2. The second-order valence-electron chi connectivity index (χ2n) is 3.28. The van der Waals surface area contributed by atoms with Crippen molar-refractivity contribution >= 4 is 12.2 Å². The van der Waals surface area contributed by atoms with Gasteiger partial charge in [0.25, 0.3) is 0 Å². The zero-order valence-corrected chi connectivity index (χ0v) is 9.44. The number of rotatable bonds is 2. The molecule has 0 unspecified atom stereocenters. The highest BCUT2D eigenvalue weighted by Gasteiger charge is 2.08. The first kappa shape index (κ1) is 9.98. The van der Waals surface area contributed by atoms with Crippen LogP contribution in [0.3, 0.4) is 0 Å². The molecule has 1 heterocycles. The number of hydrogen-bond acceptors (Lipinski definition) is 2. The number of aromatic amines is 2. The molecule has 1 aromatic heterocycles. The van der Waals surface area contributed by atoms with Crippen LogP contribution in [0, 0.1) is 11.7 Å². The largest absolute Gasteiger partial charge is 0.496 e. The van der Waals surface area contributed by atoms with Gasteiger partial charge in [-0.1, -0.05) is 12.1 Å². The van der Waals surface area contributed by atoms with E-state index in [0.717, 1.165) is 22.7 Å². The topological polar surface area (TPSA) is 40.8 Å². The summed E-state index contributed by atoms with van der Waals surface area (Å²) in [5, 5.41) is 0. The first-order valence-electron chi connectivity index (χ1n) is 4.64. The van der Waals surface area contributed by atoms with Gasteiger partial charge in [0.05, 0.1) is 12.8 Å². The zero-order chi connectivity index (χ0) is 10.8. The molecule has 3 nitrogen and oxygen atoms in total. The summed E-state index contributed by atoms with van der Waals surface area (Å²) in [7, 11) is 1.66. The number of imidazole rings is 1. The standard InChI is InChI=1S/C11H12N2OS/c1-7-10(13-11(15)12-7)8-5-3-4-6-9(8)14-2/h3-6H,1-2H3,(H2,12,13,15). The Hall–Kier alpha value is -1.55. The van der Waals surface area contributed by atoms with Crippen molar-refractivity contribution in [2.45, 2.75) is 6.92 Å². The third-order valence-corrected chi connectivity index (χ3v) is 2.49. The Balaban J connectivity index is 2.63. The van der Waals surface area contributed by atoms with Crippen LogP contribution in [0.1, 0.15) is 5.69 Å². The van der Waals surface area contributed by atoms with Gasteiger partial charge in [0.2, 0.25) is 0 Å². The zero-order valence-electron chi connectivity index (χ0n) is 8.63. The second kappa shape index (κ2) is 3.90. The molecular weight excluding hydrogens is 208 g/mol. The maximum absolute atomic E-state index is 5.30. The Morgan fingerprint density at radius 2 is 1.93 bits per heavy atom. The van der Waals surface area contributed by atoms with E-state index in [-0.39, 0.29) is 0 Å². The molecule has 2 aromatic rings. The van der Waals surface area contributed by atoms with E-state index in [1.165, 1.54) is 0 Å². The fourth-order valence-electron chi connectivity index (χ4n) is 1.59. The van der Waals surface area contributed by atoms with Gasteiger partial charge < -0.3 is 14.7 Å². The number of para-hydroxylation sites is 1. The number of H-pyrrole nitrogens is 2. The van der Waals surface area contributed by atoms with Crippen LogP contribution < -0.4 is 4.74 Å². The van der Waals surface area contributed by atoms with Crippen LogP contribution >= 0.6 is 12.2 Å². The molecule has 2 rings (SSSR count). The fraction of sp³-hybridized carbons (Fsp3) is 0.182. The van der Waals surface area contributed by atoms with Crippen molar-refractivity contribution in [3.63, 3.8) is 0 Å². The summed E-state index contributed by atoms with van der Waals surface area (Å²) < 4.78 is 5.93. The van der Waals surface area contributed by atoms with Gasteiger partial charge in [-0.2, -0.15) is 0 Å². The molecule has 0 aliphatic heterocycles. The molecule has 0 saturated heterocycles. The average molecular weight is 220 g/mol. The molecule has 4 heteroatoms. The molecule has 1 aromatic carbocycles. The number of aryl methyl sites for hydroxylation is 1. The smallest absolute Gasteiger partial charge is 0.175 e. The number of aromatic nitrogens is 2. The molecule has 0 bridgehead atoms. The first-order valence-corrected chi connectivity index (χ1v) is 5.05. The Morgan fingerprint density at radius 3 is 2.53 bits per heavy atom. The lowest BCUT2D eigenvalue weighted by molar-refractivity contribution is 0.416. The minimum Gasteiger partial charge on any atom is -0.496 e. The summed E-state index contributed by atoms with van der Waals surface area (Å²) >= 11 is 5.05. The third kappa shape index (κ3) is 1.80. The molecule has 78 valence electrons. The monoisotopic (exact) mass is 220 g/mol. The van der Waals surface area contributed by atoms with Crippen LogP contribution in [-0.4, -0.2) is 17.1 Å². The Bertz CT molecular complexity index is 527. The molecule has 0 spiro atoms. The van der Waals surface area contributed by atoms with Crippen LogP contribution in [0.4, 0.5) is 0 Å². The Labute approximate surface area is 93.1 Å². The van der Waals surface area contributed by atoms with Gasteiger partial charge in [-0.25, -0.2) is 0 Å². The molecule has 15 heavy (non-hydrogen) atoms. The van der Waals surface area contributed by atoms with E-state index in [9.17, 15) is 0 Å². The van der Waals surface area contributed by atoms with Crippen LogP contribution in [0.5, 0.6) is 5.75 Å². The average Bonchev–Trinajstić information content (AvgIpc) is 2.57. The fourth-order valence-corrected chi connectivity index (χ4v) is 1.85. The number of benzene rings is 1. The molecule has 0 saturated carbocycles. The molecule has 2 N–H and O–H groups in total. The van der Waals surface area contributed by atoms with E-state index in [1.807, 2.05) is 31.2 Å². The summed E-state index contributed by atoms with van der Waals surface area (Å²) in [5.41, 5.74) is 3.02. The summed E-state index contributed by atoms with van der Waals surface area (Å²) in [6, 6.07) is 7.85. The van der Waals surface area contributed by atoms with Crippen molar-refractivity contribution in [1.82, 2.24) is 9.97 Å². The predicted molar refractivity (Wildman–Crippen MR) is 62.7 cm³/mol. The Morgan fingerprint density at radius 1 is 1.20 bits per heavy atom. The van der Waals surface area contributed by atoms with Gasteiger partial charge in [-0.3, -0.25) is 0 Å². The molecule has 0 aliphatic rings. The van der Waals surface area contributed by atoms with Gasteiger partial charge in [-0.05, 0) is 31.3 Å². The minimum atomic E-state index is 0.633. The van der Waals surface area contributed by atoms with Gasteiger partial charge >= 0.3 is 0 Å². The van der Waals surface area contributed by atoms with E-state index >= 15 is 0 Å². The van der Waals surface area contributed by atoms with Gasteiger partial charge in [0, 0.05) is 11.3 Å². The maximum Gasteiger partial charge on any atom is 0.175 e. The first-order chi connectivity index (χ1) is 7.22. The van der Waals surface area contributed by atoms with E-state index in [1.54, 1.807) is 7.11 Å². The van der Waals surface area contributed by atoms with Crippen molar-refractivity contribution in [1.29, 1.82) is 0 Å². The molecule has 0 fully saturated rings. The second-order valence-corrected chi connectivity index (χ2v) is 3.69. The van der Waals surface area contributed by atoms with Gasteiger partial charge in [-0.15, -0.1) is 0 Å². The van der Waals surface area contributed by atoms with E-state index in [0.29, 0.717) is 4.77 Å². The van der Waals surface area contributed by atoms with Crippen LogP contribution in [-0.2, 0) is 0 Å². The lowest BCUT2D eigenvalue weighted by atomic mass is 10.1. The molecule has 0 radical (unpaired) electrons. The molecule has 0 atom stereocenters. The highest BCUT2D eigenvalue weighted by Crippen LogP contribution is 2.29. The summed E-state index contributed by atoms with van der Waals surface area (Å²) in [6.45, 7) is 1.98. The van der Waals surface area contributed by atoms with Crippen LogP contribution in [0.2, 0.25) is 0 Å². The Kier molecular flexibility index (Phi) is 2.60. The highest BCUT2D eigenvalue weighted by atomic mass is 32.1. The number of methoxy groups -OCH3 is 1. The molecular formula is C11H12N2OS. The SMILES string of the molecule is COc1ccccc1-c1[nH]c(=S)[nH]c1C. The summed E-state index contributed by atoms with van der Waals surface area (Å²) in [6.07, 6.45) is 0. The van der Waals surface area contributed by atoms with Gasteiger partial charge in [0.1, 0.15) is 5.75 Å². The highest BCUT2D eigenvalue weighted by molar-refractivity contribution is 7.71. The quantitative estimate of drug-likeness (QED) is 0.764. The predicted octanol–water partition coefficient (Wildman–Crippen LogP) is 3.06. The summed E-state index contributed by atoms with van der Waals surface area (Å²) in [5.74, 6) is 0.839. The minimum absolute atomic E-state index is 0.633. The number of nitrogens with one attached hydrogen (secondary N) is 2. The van der Waals surface area contributed by atoms with Crippen molar-refractivity contribution in [2.75, 3.05) is 7.11 Å². The lowest BCUT2D eigenvalue weighted by Gasteiger charge is -2.06.